The van der Waals surface area contributed by atoms with E-state index in [0.717, 1.165) is 18.4 Å². The van der Waals surface area contributed by atoms with Crippen molar-refractivity contribution in [2.45, 2.75) is 137 Å². The Morgan fingerprint density at radius 3 is 2.24 bits per heavy atom. The van der Waals surface area contributed by atoms with Gasteiger partial charge in [-0.1, -0.05) is 45.4 Å². The maximum absolute atomic E-state index is 12.6. The number of rotatable bonds is 11. The maximum atomic E-state index is 12.6. The van der Waals surface area contributed by atoms with Crippen molar-refractivity contribution >= 4 is 17.7 Å². The topological polar surface area (TPSA) is 130 Å². The molecule has 0 bridgehead atoms. The number of hydrogen-bond acceptors (Lipinski definition) is 8. The molecule has 7 atom stereocenters. The van der Waals surface area contributed by atoms with Crippen molar-refractivity contribution in [1.82, 2.24) is 0 Å². The van der Waals surface area contributed by atoms with E-state index in [4.69, 9.17) is 9.47 Å². The standard InChI is InChI=1S/C34H54O8/c1-21(12-14-27-31(5,6)30(39)16-18-34(27,10)42-24(4)36)11-13-25(37)19-22(2)26(41-23(3)35)20-28-32(7,8)29(38)15-17-33(28,9)40/h11,15,17,19,25-28,30,37,39-40H,12-14,16,18,20H2,1-10H3/b21-11+,22-19+/t25-,26+,27+,28+,30+,33+,34+/m1/s1. The van der Waals surface area contributed by atoms with Crippen LogP contribution < -0.4 is 0 Å². The van der Waals surface area contributed by atoms with Gasteiger partial charge in [-0.3, -0.25) is 14.4 Å². The summed E-state index contributed by atoms with van der Waals surface area (Å²) in [4.78, 5) is 36.4. The van der Waals surface area contributed by atoms with Gasteiger partial charge >= 0.3 is 11.9 Å². The predicted molar refractivity (Wildman–Crippen MR) is 162 cm³/mol. The summed E-state index contributed by atoms with van der Waals surface area (Å²) in [5.41, 5.74) is -1.48. The van der Waals surface area contributed by atoms with E-state index >= 15 is 0 Å². The first-order valence-corrected chi connectivity index (χ1v) is 15.2. The summed E-state index contributed by atoms with van der Waals surface area (Å²) in [7, 11) is 0. The number of allylic oxidation sites excluding steroid dienone is 2. The second kappa shape index (κ2) is 13.6. The Balaban J connectivity index is 2.14. The second-order valence-corrected chi connectivity index (χ2v) is 14.2. The van der Waals surface area contributed by atoms with Gasteiger partial charge in [-0.25, -0.2) is 0 Å². The molecule has 0 radical (unpaired) electrons. The molecule has 1 saturated carbocycles. The average molecular weight is 591 g/mol. The van der Waals surface area contributed by atoms with Gasteiger partial charge in [-0.2, -0.15) is 0 Å². The van der Waals surface area contributed by atoms with Crippen LogP contribution in [0.3, 0.4) is 0 Å². The fraction of sp³-hybridized carbons (Fsp3) is 0.735. The molecule has 3 N–H and O–H groups in total. The average Bonchev–Trinajstić information content (AvgIpc) is 2.84. The predicted octanol–water partition coefficient (Wildman–Crippen LogP) is 5.38. The number of carbonyl (C=O) groups excluding carboxylic acids is 3. The van der Waals surface area contributed by atoms with Crippen LogP contribution in [0, 0.1) is 22.7 Å². The molecule has 8 nitrogen and oxygen atoms in total. The van der Waals surface area contributed by atoms with Crippen LogP contribution in [0.25, 0.3) is 0 Å². The van der Waals surface area contributed by atoms with Crippen LogP contribution in [0.4, 0.5) is 0 Å². The van der Waals surface area contributed by atoms with Gasteiger partial charge in [0.2, 0.25) is 0 Å². The maximum Gasteiger partial charge on any atom is 0.303 e. The summed E-state index contributed by atoms with van der Waals surface area (Å²) in [5, 5.41) is 32.6. The summed E-state index contributed by atoms with van der Waals surface area (Å²) in [6.45, 7) is 17.8. The normalized spacial score (nSPS) is 32.7. The Morgan fingerprint density at radius 2 is 1.67 bits per heavy atom. The molecule has 0 aromatic rings. The lowest BCUT2D eigenvalue weighted by atomic mass is 9.58. The van der Waals surface area contributed by atoms with Crippen LogP contribution in [-0.4, -0.2) is 62.6 Å². The molecule has 0 aromatic carbocycles. The second-order valence-electron chi connectivity index (χ2n) is 14.2. The van der Waals surface area contributed by atoms with Crippen molar-refractivity contribution in [1.29, 1.82) is 0 Å². The Kier molecular flexibility index (Phi) is 11.6. The lowest BCUT2D eigenvalue weighted by molar-refractivity contribution is -0.188. The van der Waals surface area contributed by atoms with Crippen molar-refractivity contribution in [3.8, 4) is 0 Å². The highest BCUT2D eigenvalue weighted by atomic mass is 16.6. The molecule has 0 saturated heterocycles. The quantitative estimate of drug-likeness (QED) is 0.216. The molecule has 0 aromatic heterocycles. The van der Waals surface area contributed by atoms with Gasteiger partial charge < -0.3 is 24.8 Å². The van der Waals surface area contributed by atoms with E-state index in [1.807, 2.05) is 33.8 Å². The summed E-state index contributed by atoms with van der Waals surface area (Å²) >= 11 is 0. The summed E-state index contributed by atoms with van der Waals surface area (Å²) in [6, 6.07) is 0. The number of esters is 2. The zero-order valence-electron chi connectivity index (χ0n) is 27.3. The lowest BCUT2D eigenvalue weighted by Crippen LogP contribution is -2.55. The Bertz CT molecular complexity index is 1090. The van der Waals surface area contributed by atoms with E-state index in [2.05, 4.69) is 0 Å². The minimum Gasteiger partial charge on any atom is -0.459 e. The van der Waals surface area contributed by atoms with Crippen LogP contribution >= 0.6 is 0 Å². The molecule has 0 heterocycles. The van der Waals surface area contributed by atoms with Crippen molar-refractivity contribution < 1.29 is 39.2 Å². The van der Waals surface area contributed by atoms with E-state index in [9.17, 15) is 29.7 Å². The van der Waals surface area contributed by atoms with Crippen LogP contribution in [0.1, 0.15) is 108 Å². The third-order valence-corrected chi connectivity index (χ3v) is 9.83. The van der Waals surface area contributed by atoms with Gasteiger partial charge in [0.1, 0.15) is 11.7 Å². The van der Waals surface area contributed by atoms with Gasteiger partial charge in [-0.15, -0.1) is 0 Å². The van der Waals surface area contributed by atoms with Crippen LogP contribution in [0.15, 0.2) is 35.5 Å². The number of ether oxygens (including phenoxy) is 2. The van der Waals surface area contributed by atoms with Crippen molar-refractivity contribution in [2.24, 2.45) is 22.7 Å². The number of aliphatic hydroxyl groups excluding tert-OH is 2. The first-order valence-electron chi connectivity index (χ1n) is 15.2. The largest absolute Gasteiger partial charge is 0.459 e. The van der Waals surface area contributed by atoms with Crippen LogP contribution in [0.2, 0.25) is 0 Å². The lowest BCUT2D eigenvalue weighted by Gasteiger charge is -2.52. The monoisotopic (exact) mass is 590 g/mol. The molecular formula is C34H54O8. The van der Waals surface area contributed by atoms with E-state index in [1.54, 1.807) is 33.8 Å². The van der Waals surface area contributed by atoms with Crippen LogP contribution in [0.5, 0.6) is 0 Å². The molecule has 0 aliphatic heterocycles. The molecule has 238 valence electrons. The number of aliphatic hydroxyl groups is 3. The van der Waals surface area contributed by atoms with E-state index in [0.29, 0.717) is 24.8 Å². The summed E-state index contributed by atoms with van der Waals surface area (Å²) < 4.78 is 11.4. The minimum atomic E-state index is -1.26. The Labute approximate surface area is 252 Å². The smallest absolute Gasteiger partial charge is 0.303 e. The van der Waals surface area contributed by atoms with Gasteiger partial charge in [0.25, 0.3) is 0 Å². The van der Waals surface area contributed by atoms with Crippen LogP contribution in [-0.2, 0) is 23.9 Å². The van der Waals surface area contributed by atoms with Crippen molar-refractivity contribution in [2.75, 3.05) is 0 Å². The molecule has 2 aliphatic rings. The number of ketones is 1. The highest BCUT2D eigenvalue weighted by Crippen LogP contribution is 2.50. The SMILES string of the molecule is CC(=O)O[C@@H](C[C@H]1C(C)(C)C(=O)C=C[C@]1(C)O)/C(C)=C/[C@H](O)C/C=C(\C)CC[C@H]1C(C)(C)[C@@H](O)CC[C@]1(C)OC(C)=O. The molecule has 8 heteroatoms. The molecule has 42 heavy (non-hydrogen) atoms. The van der Waals surface area contributed by atoms with Gasteiger partial charge in [0.15, 0.2) is 5.78 Å². The van der Waals surface area contributed by atoms with Gasteiger partial charge in [-0.05, 0) is 89.4 Å². The van der Waals surface area contributed by atoms with Gasteiger partial charge in [0, 0.05) is 31.1 Å². The van der Waals surface area contributed by atoms with Crippen molar-refractivity contribution in [3.05, 3.63) is 35.5 Å². The first-order chi connectivity index (χ1) is 19.1. The zero-order valence-corrected chi connectivity index (χ0v) is 27.3. The number of carbonyl (C=O) groups is 3. The zero-order chi connectivity index (χ0) is 32.3. The fourth-order valence-electron chi connectivity index (χ4n) is 7.14. The molecule has 0 amide bonds. The molecular weight excluding hydrogens is 536 g/mol. The molecule has 2 rings (SSSR count). The number of hydrogen-bond donors (Lipinski definition) is 3. The minimum absolute atomic E-state index is 0.0412. The highest BCUT2D eigenvalue weighted by Gasteiger charge is 2.52. The Hall–Kier alpha value is -2.29. The molecule has 0 unspecified atom stereocenters. The summed E-state index contributed by atoms with van der Waals surface area (Å²) in [6.07, 6.45) is 7.73. The first kappa shape index (κ1) is 35.9. The van der Waals surface area contributed by atoms with E-state index in [-0.39, 0.29) is 24.1 Å². The molecule has 1 fully saturated rings. The van der Waals surface area contributed by atoms with E-state index < -0.39 is 52.2 Å². The fourth-order valence-corrected chi connectivity index (χ4v) is 7.14. The van der Waals surface area contributed by atoms with Gasteiger partial charge in [0.05, 0.1) is 17.8 Å². The third kappa shape index (κ3) is 8.64. The van der Waals surface area contributed by atoms with E-state index in [1.165, 1.54) is 26.0 Å². The van der Waals surface area contributed by atoms with Crippen molar-refractivity contribution in [3.63, 3.8) is 0 Å². The summed E-state index contributed by atoms with van der Waals surface area (Å²) in [5.74, 6) is -1.44. The Morgan fingerprint density at radius 1 is 1.05 bits per heavy atom. The third-order valence-electron chi connectivity index (χ3n) is 9.83. The molecule has 0 spiro atoms. The molecule has 2 aliphatic carbocycles. The highest BCUT2D eigenvalue weighted by molar-refractivity contribution is 5.95.